The fraction of sp³-hybridized carbons (Fsp3) is 0.529. The number of carbonyl (C=O) groups is 1. The normalized spacial score (nSPS) is 19.6. The molecule has 0 aromatic carbocycles. The Kier molecular flexibility index (Phi) is 3.70. The van der Waals surface area contributed by atoms with Crippen LogP contribution in [-0.2, 0) is 30.6 Å². The maximum Gasteiger partial charge on any atom is 0.226 e. The number of aromatic nitrogens is 4. The molecule has 1 aliphatic carbocycles. The van der Waals surface area contributed by atoms with Crippen LogP contribution in [0.2, 0.25) is 0 Å². The molecule has 0 bridgehead atoms. The van der Waals surface area contributed by atoms with Crippen molar-refractivity contribution in [3.63, 3.8) is 0 Å². The number of amides is 1. The van der Waals surface area contributed by atoms with Gasteiger partial charge in [0.1, 0.15) is 0 Å². The lowest BCUT2D eigenvalue weighted by molar-refractivity contribution is -0.136. The van der Waals surface area contributed by atoms with Gasteiger partial charge < -0.3 is 9.80 Å². The second kappa shape index (κ2) is 5.89. The number of anilines is 1. The van der Waals surface area contributed by atoms with Gasteiger partial charge in [-0.25, -0.2) is 0 Å². The van der Waals surface area contributed by atoms with Gasteiger partial charge >= 0.3 is 0 Å². The zero-order valence-electron chi connectivity index (χ0n) is 14.1. The topological polar surface area (TPSA) is 78.0 Å². The summed E-state index contributed by atoms with van der Waals surface area (Å²) in [5.74, 6) is 1.17. The largest absolute Gasteiger partial charge is 0.361 e. The zero-order valence-corrected chi connectivity index (χ0v) is 14.1. The molecule has 0 saturated heterocycles. The Bertz CT molecular complexity index is 768. The summed E-state index contributed by atoms with van der Waals surface area (Å²) in [5, 5.41) is 15.7. The van der Waals surface area contributed by atoms with Crippen molar-refractivity contribution in [3.05, 3.63) is 34.8 Å². The minimum absolute atomic E-state index is 0.0692. The number of nitrogens with one attached hydrogen (secondary N) is 1. The van der Waals surface area contributed by atoms with Crippen LogP contribution in [0.1, 0.15) is 28.9 Å². The van der Waals surface area contributed by atoms with Crippen LogP contribution in [0.4, 0.5) is 5.82 Å². The van der Waals surface area contributed by atoms with Gasteiger partial charge in [0, 0.05) is 45.2 Å². The maximum atomic E-state index is 13.0. The Balaban J connectivity index is 1.50. The summed E-state index contributed by atoms with van der Waals surface area (Å²) in [6.07, 6.45) is 5.25. The second-order valence-corrected chi connectivity index (χ2v) is 6.89. The highest BCUT2D eigenvalue weighted by Crippen LogP contribution is 2.27. The summed E-state index contributed by atoms with van der Waals surface area (Å²) in [7, 11) is 3.90. The first-order valence-electron chi connectivity index (χ1n) is 8.44. The third-order valence-corrected chi connectivity index (χ3v) is 5.06. The minimum atomic E-state index is 0.0692. The van der Waals surface area contributed by atoms with Crippen LogP contribution in [0.15, 0.2) is 12.3 Å². The predicted molar refractivity (Wildman–Crippen MR) is 89.6 cm³/mol. The fourth-order valence-electron chi connectivity index (χ4n) is 3.61. The molecular weight excluding hydrogens is 304 g/mol. The monoisotopic (exact) mass is 326 g/mol. The van der Waals surface area contributed by atoms with Crippen molar-refractivity contribution in [1.82, 2.24) is 25.3 Å². The summed E-state index contributed by atoms with van der Waals surface area (Å²) < 4.78 is 0. The highest BCUT2D eigenvalue weighted by Gasteiger charge is 2.31. The van der Waals surface area contributed by atoms with Gasteiger partial charge in [0.05, 0.1) is 11.9 Å². The number of H-pyrrole nitrogens is 1. The molecule has 24 heavy (non-hydrogen) atoms. The van der Waals surface area contributed by atoms with Crippen LogP contribution in [0.5, 0.6) is 0 Å². The molecule has 2 aromatic rings. The van der Waals surface area contributed by atoms with Crippen LogP contribution >= 0.6 is 0 Å². The summed E-state index contributed by atoms with van der Waals surface area (Å²) >= 11 is 0. The van der Waals surface area contributed by atoms with E-state index in [9.17, 15) is 4.79 Å². The highest BCUT2D eigenvalue weighted by atomic mass is 16.2. The van der Waals surface area contributed by atoms with Crippen molar-refractivity contribution in [1.29, 1.82) is 0 Å². The molecule has 0 spiro atoms. The van der Waals surface area contributed by atoms with Gasteiger partial charge in [0.15, 0.2) is 5.82 Å². The number of rotatable bonds is 2. The number of carbonyl (C=O) groups excluding carboxylic acids is 1. The molecule has 2 aromatic heterocycles. The van der Waals surface area contributed by atoms with Gasteiger partial charge in [-0.15, -0.1) is 5.10 Å². The fourth-order valence-corrected chi connectivity index (χ4v) is 3.61. The molecule has 0 saturated carbocycles. The first kappa shape index (κ1) is 15.1. The van der Waals surface area contributed by atoms with E-state index in [1.54, 1.807) is 0 Å². The number of aryl methyl sites for hydroxylation is 1. The Morgan fingerprint density at radius 3 is 3.00 bits per heavy atom. The number of aromatic amines is 1. The SMILES string of the molecule is CN(C)c1cc2c(nn1)CCN(C(=O)C1CCc3[nH]ncc3C1)C2. The van der Waals surface area contributed by atoms with Crippen molar-refractivity contribution < 1.29 is 4.79 Å². The van der Waals surface area contributed by atoms with Crippen molar-refractivity contribution in [3.8, 4) is 0 Å². The molecule has 126 valence electrons. The molecule has 1 amide bonds. The van der Waals surface area contributed by atoms with Crippen molar-refractivity contribution >= 4 is 11.7 Å². The second-order valence-electron chi connectivity index (χ2n) is 6.89. The van der Waals surface area contributed by atoms with E-state index in [0.29, 0.717) is 6.54 Å². The zero-order chi connectivity index (χ0) is 16.7. The molecule has 0 fully saturated rings. The van der Waals surface area contributed by atoms with Gasteiger partial charge in [-0.2, -0.15) is 10.2 Å². The molecule has 1 N–H and O–H groups in total. The molecular formula is C17H22N6O. The van der Waals surface area contributed by atoms with E-state index < -0.39 is 0 Å². The lowest BCUT2D eigenvalue weighted by Gasteiger charge is -2.32. The van der Waals surface area contributed by atoms with Crippen LogP contribution in [0.25, 0.3) is 0 Å². The van der Waals surface area contributed by atoms with Crippen LogP contribution < -0.4 is 4.90 Å². The molecule has 1 atom stereocenters. The minimum Gasteiger partial charge on any atom is -0.361 e. The van der Waals surface area contributed by atoms with E-state index in [4.69, 9.17) is 0 Å². The molecule has 4 rings (SSSR count). The Hall–Kier alpha value is -2.44. The molecule has 7 heteroatoms. The molecule has 7 nitrogen and oxygen atoms in total. The first-order valence-corrected chi connectivity index (χ1v) is 8.44. The van der Waals surface area contributed by atoms with Crippen molar-refractivity contribution in [2.75, 3.05) is 25.5 Å². The molecule has 0 radical (unpaired) electrons. The van der Waals surface area contributed by atoms with Crippen LogP contribution in [0, 0.1) is 5.92 Å². The summed E-state index contributed by atoms with van der Waals surface area (Å²) in [6.45, 7) is 1.37. The van der Waals surface area contributed by atoms with Gasteiger partial charge in [0.2, 0.25) is 5.91 Å². The van der Waals surface area contributed by atoms with Crippen molar-refractivity contribution in [2.24, 2.45) is 5.92 Å². The summed E-state index contributed by atoms with van der Waals surface area (Å²) in [6, 6.07) is 2.05. The number of nitrogens with zero attached hydrogens (tertiary/aromatic N) is 5. The lowest BCUT2D eigenvalue weighted by atomic mass is 9.86. The van der Waals surface area contributed by atoms with Gasteiger partial charge in [-0.1, -0.05) is 0 Å². The Morgan fingerprint density at radius 2 is 2.17 bits per heavy atom. The Labute approximate surface area is 141 Å². The van der Waals surface area contributed by atoms with E-state index in [2.05, 4.69) is 26.5 Å². The van der Waals surface area contributed by atoms with E-state index in [1.807, 2.05) is 30.1 Å². The lowest BCUT2D eigenvalue weighted by Crippen LogP contribution is -2.41. The van der Waals surface area contributed by atoms with Crippen LogP contribution in [-0.4, -0.2) is 51.8 Å². The van der Waals surface area contributed by atoms with E-state index in [1.165, 1.54) is 11.3 Å². The predicted octanol–water partition coefficient (Wildman–Crippen LogP) is 0.955. The smallest absolute Gasteiger partial charge is 0.226 e. The average molecular weight is 326 g/mol. The average Bonchev–Trinajstić information content (AvgIpc) is 3.07. The number of hydrogen-bond donors (Lipinski definition) is 1. The third kappa shape index (κ3) is 2.64. The first-order chi connectivity index (χ1) is 11.6. The molecule has 1 aliphatic heterocycles. The van der Waals surface area contributed by atoms with Crippen molar-refractivity contribution in [2.45, 2.75) is 32.2 Å². The standard InChI is InChI=1S/C17H22N6O/c1-22(2)16-8-13-10-23(6-5-15(13)20-21-16)17(24)11-3-4-14-12(7-11)9-18-19-14/h8-9,11H,3-7,10H2,1-2H3,(H,18,19). The van der Waals surface area contributed by atoms with Gasteiger partial charge in [-0.3, -0.25) is 9.89 Å². The molecule has 2 aliphatic rings. The van der Waals surface area contributed by atoms with Crippen LogP contribution in [0.3, 0.4) is 0 Å². The molecule has 3 heterocycles. The third-order valence-electron chi connectivity index (χ3n) is 5.06. The van der Waals surface area contributed by atoms with Gasteiger partial charge in [-0.05, 0) is 36.5 Å². The van der Waals surface area contributed by atoms with E-state index >= 15 is 0 Å². The maximum absolute atomic E-state index is 13.0. The number of hydrogen-bond acceptors (Lipinski definition) is 5. The van der Waals surface area contributed by atoms with E-state index in [0.717, 1.165) is 49.3 Å². The quantitative estimate of drug-likeness (QED) is 0.889. The summed E-state index contributed by atoms with van der Waals surface area (Å²) in [4.78, 5) is 16.9. The summed E-state index contributed by atoms with van der Waals surface area (Å²) in [5.41, 5.74) is 4.52. The highest BCUT2D eigenvalue weighted by molar-refractivity contribution is 5.79. The van der Waals surface area contributed by atoms with E-state index in [-0.39, 0.29) is 11.8 Å². The Morgan fingerprint density at radius 1 is 1.29 bits per heavy atom. The number of fused-ring (bicyclic) bond motifs is 2. The van der Waals surface area contributed by atoms with Gasteiger partial charge in [0.25, 0.3) is 0 Å². The molecule has 1 unspecified atom stereocenters.